The topological polar surface area (TPSA) is 88.9 Å². The minimum atomic E-state index is -0.125. The maximum atomic E-state index is 10.0. The van der Waals surface area contributed by atoms with E-state index in [2.05, 4.69) is 32.1 Å². The molecule has 0 aliphatic carbocycles. The van der Waals surface area contributed by atoms with Gasteiger partial charge in [-0.2, -0.15) is 0 Å². The summed E-state index contributed by atoms with van der Waals surface area (Å²) in [5.74, 6) is 0.571. The monoisotopic (exact) mass is 550 g/mol. The molecule has 0 amide bonds. The molecule has 4 rings (SSSR count). The first-order chi connectivity index (χ1) is 13.0. The van der Waals surface area contributed by atoms with Crippen molar-refractivity contribution in [2.45, 2.75) is 13.8 Å². The third kappa shape index (κ3) is 5.49. The van der Waals surface area contributed by atoms with Crippen molar-refractivity contribution in [3.8, 4) is 11.4 Å². The second-order valence-electron chi connectivity index (χ2n) is 5.88. The van der Waals surface area contributed by atoms with Gasteiger partial charge in [0.1, 0.15) is 0 Å². The van der Waals surface area contributed by atoms with Gasteiger partial charge in [0.25, 0.3) is 0 Å². The molecular weight excluding hydrogens is 532 g/mol. The zero-order valence-corrected chi connectivity index (χ0v) is 17.6. The van der Waals surface area contributed by atoms with E-state index >= 15 is 0 Å². The van der Waals surface area contributed by atoms with Gasteiger partial charge in [0.15, 0.2) is 5.78 Å². The molecule has 1 N–H and O–H groups in total. The van der Waals surface area contributed by atoms with E-state index in [1.165, 1.54) is 19.9 Å². The van der Waals surface area contributed by atoms with Crippen molar-refractivity contribution in [3.63, 3.8) is 0 Å². The molecule has 0 saturated heterocycles. The second-order valence-corrected chi connectivity index (χ2v) is 5.88. The molecule has 1 aromatic carbocycles. The standard InChI is InChI=1S/C16H9N4.C5H8O2.Ir/c1-2-12(8-17-4-1)16-19-10-14-6-11-3-5-18-9-13(11)7-15(14)20-16;1-4(6)3-5(2)7;/h1,3-10H;3,6H,1-2H3;/q-1;;/b;4-3-;. The van der Waals surface area contributed by atoms with Crippen LogP contribution in [0.1, 0.15) is 13.8 Å². The fourth-order valence-electron chi connectivity index (χ4n) is 2.49. The molecule has 0 aliphatic rings. The van der Waals surface area contributed by atoms with Gasteiger partial charge in [0.05, 0.1) is 17.1 Å². The van der Waals surface area contributed by atoms with Gasteiger partial charge in [0, 0.05) is 55.5 Å². The van der Waals surface area contributed by atoms with Gasteiger partial charge in [-0.15, -0.1) is 12.1 Å². The van der Waals surface area contributed by atoms with Crippen LogP contribution in [0.3, 0.4) is 0 Å². The summed E-state index contributed by atoms with van der Waals surface area (Å²) in [5, 5.41) is 11.6. The maximum absolute atomic E-state index is 10.0. The van der Waals surface area contributed by atoms with E-state index in [0.717, 1.165) is 27.2 Å². The Hall–Kier alpha value is -3.02. The molecule has 143 valence electrons. The number of benzene rings is 1. The first kappa shape index (κ1) is 21.3. The van der Waals surface area contributed by atoms with E-state index in [0.29, 0.717) is 5.82 Å². The van der Waals surface area contributed by atoms with E-state index in [9.17, 15) is 4.79 Å². The van der Waals surface area contributed by atoms with Crippen molar-refractivity contribution in [2.75, 3.05) is 0 Å². The van der Waals surface area contributed by atoms with Crippen LogP contribution in [-0.2, 0) is 24.9 Å². The van der Waals surface area contributed by atoms with Gasteiger partial charge in [-0.05, 0) is 37.4 Å². The number of hydrogen-bond donors (Lipinski definition) is 1. The second kappa shape index (κ2) is 9.78. The Morgan fingerprint density at radius 2 is 1.82 bits per heavy atom. The Bertz CT molecular complexity index is 1130. The summed E-state index contributed by atoms with van der Waals surface area (Å²) in [6, 6.07) is 10.9. The number of hydrogen-bond acceptors (Lipinski definition) is 6. The third-order valence-electron chi connectivity index (χ3n) is 3.59. The Balaban J connectivity index is 0.000000306. The first-order valence-electron chi connectivity index (χ1n) is 8.23. The van der Waals surface area contributed by atoms with Gasteiger partial charge in [-0.25, -0.2) is 0 Å². The fraction of sp³-hybridized carbons (Fsp3) is 0.0952. The molecule has 6 nitrogen and oxygen atoms in total. The summed E-state index contributed by atoms with van der Waals surface area (Å²) >= 11 is 0. The molecule has 0 aliphatic heterocycles. The molecule has 0 unspecified atom stereocenters. The predicted molar refractivity (Wildman–Crippen MR) is 104 cm³/mol. The summed E-state index contributed by atoms with van der Waals surface area (Å²) in [4.78, 5) is 27.2. The van der Waals surface area contributed by atoms with E-state index in [1.807, 2.05) is 24.5 Å². The van der Waals surface area contributed by atoms with Crippen LogP contribution in [0.4, 0.5) is 0 Å². The number of fused-ring (bicyclic) bond motifs is 2. The van der Waals surface area contributed by atoms with Crippen LogP contribution < -0.4 is 0 Å². The normalized spacial score (nSPS) is 10.7. The van der Waals surface area contributed by atoms with E-state index in [1.54, 1.807) is 24.7 Å². The van der Waals surface area contributed by atoms with Crippen LogP contribution in [-0.4, -0.2) is 30.8 Å². The van der Waals surface area contributed by atoms with Crippen molar-refractivity contribution in [1.82, 2.24) is 19.9 Å². The van der Waals surface area contributed by atoms with Gasteiger partial charge >= 0.3 is 0 Å². The molecule has 7 heteroatoms. The molecule has 3 heterocycles. The van der Waals surface area contributed by atoms with Crippen molar-refractivity contribution in [3.05, 3.63) is 73.2 Å². The minimum Gasteiger partial charge on any atom is -0.512 e. The van der Waals surface area contributed by atoms with E-state index in [-0.39, 0.29) is 31.6 Å². The van der Waals surface area contributed by atoms with Crippen molar-refractivity contribution < 1.29 is 30.0 Å². The Morgan fingerprint density at radius 3 is 2.46 bits per heavy atom. The van der Waals surface area contributed by atoms with Crippen LogP contribution >= 0.6 is 0 Å². The number of allylic oxidation sites excluding steroid dienone is 2. The summed E-state index contributed by atoms with van der Waals surface area (Å²) < 4.78 is 0. The molecule has 0 atom stereocenters. The number of carbonyl (C=O) groups excluding carboxylic acids is 1. The number of aliphatic hydroxyl groups excluding tert-OH is 1. The SMILES string of the molecule is CC(=O)/C=C(/C)O.[Ir].[c-]1ccncc1-c1ncc2cc3ccncc3cc2n1. The number of aliphatic hydroxyl groups is 1. The summed E-state index contributed by atoms with van der Waals surface area (Å²) in [6.07, 6.45) is 10.0. The maximum Gasteiger partial charge on any atom is 0.155 e. The minimum absolute atomic E-state index is 0. The predicted octanol–water partition coefficient (Wildman–Crippen LogP) is 4.07. The zero-order valence-electron chi connectivity index (χ0n) is 15.3. The average Bonchev–Trinajstić information content (AvgIpc) is 2.66. The molecule has 1 radical (unpaired) electrons. The van der Waals surface area contributed by atoms with Crippen LogP contribution in [0.5, 0.6) is 0 Å². The fourth-order valence-corrected chi connectivity index (χ4v) is 2.49. The molecule has 4 aromatic rings. The molecule has 3 aromatic heterocycles. The van der Waals surface area contributed by atoms with Gasteiger partial charge < -0.3 is 10.1 Å². The average molecular weight is 550 g/mol. The molecule has 0 bridgehead atoms. The number of rotatable bonds is 2. The Morgan fingerprint density at radius 1 is 1.04 bits per heavy atom. The number of aromatic nitrogens is 4. The zero-order chi connectivity index (χ0) is 19.2. The van der Waals surface area contributed by atoms with Crippen LogP contribution in [0.2, 0.25) is 0 Å². The summed E-state index contributed by atoms with van der Waals surface area (Å²) in [5.41, 5.74) is 1.69. The first-order valence-corrected chi connectivity index (χ1v) is 8.23. The molecule has 0 spiro atoms. The Kier molecular flexibility index (Phi) is 7.43. The van der Waals surface area contributed by atoms with Gasteiger partial charge in [-0.1, -0.05) is 18.0 Å². The van der Waals surface area contributed by atoms with E-state index < -0.39 is 0 Å². The van der Waals surface area contributed by atoms with Gasteiger partial charge in [-0.3, -0.25) is 19.7 Å². The summed E-state index contributed by atoms with van der Waals surface area (Å²) in [7, 11) is 0. The quantitative estimate of drug-likeness (QED) is 0.176. The van der Waals surface area contributed by atoms with Crippen LogP contribution in [0, 0.1) is 6.07 Å². The molecule has 0 saturated carbocycles. The molecule has 28 heavy (non-hydrogen) atoms. The van der Waals surface area contributed by atoms with Gasteiger partial charge in [0.2, 0.25) is 0 Å². The third-order valence-corrected chi connectivity index (χ3v) is 3.59. The van der Waals surface area contributed by atoms with E-state index in [4.69, 9.17) is 5.11 Å². The molecule has 0 fully saturated rings. The number of nitrogens with zero attached hydrogens (tertiary/aromatic N) is 4. The largest absolute Gasteiger partial charge is 0.512 e. The van der Waals surface area contributed by atoms with Crippen molar-refractivity contribution in [2.24, 2.45) is 0 Å². The van der Waals surface area contributed by atoms with Crippen molar-refractivity contribution >= 4 is 27.5 Å². The number of carbonyl (C=O) groups is 1. The smallest absolute Gasteiger partial charge is 0.155 e. The Labute approximate surface area is 175 Å². The molecular formula is C21H17IrN4O2-. The van der Waals surface area contributed by atoms with Crippen molar-refractivity contribution in [1.29, 1.82) is 0 Å². The number of ketones is 1. The number of pyridine rings is 2. The van der Waals surface area contributed by atoms with Crippen LogP contribution in [0.25, 0.3) is 33.1 Å². The summed E-state index contributed by atoms with van der Waals surface area (Å²) in [6.45, 7) is 2.85. The van der Waals surface area contributed by atoms with Crippen LogP contribution in [0.15, 0.2) is 67.1 Å².